The number of carbonyl (C=O) groups excluding carboxylic acids is 2. The molecule has 2 saturated heterocycles. The zero-order chi connectivity index (χ0) is 29.2. The van der Waals surface area contributed by atoms with E-state index in [0.29, 0.717) is 50.9 Å². The number of nitrogens with zero attached hydrogens (tertiary/aromatic N) is 2. The highest BCUT2D eigenvalue weighted by Gasteiger charge is 2.50. The Hall–Kier alpha value is -3.72. The highest BCUT2D eigenvalue weighted by Crippen LogP contribution is 2.43. The topological polar surface area (TPSA) is 66.6 Å². The van der Waals surface area contributed by atoms with E-state index in [1.807, 2.05) is 65.6 Å². The Labute approximate surface area is 236 Å². The molecule has 1 unspecified atom stereocenters. The third kappa shape index (κ3) is 5.73. The van der Waals surface area contributed by atoms with Crippen LogP contribution in [0.5, 0.6) is 0 Å². The minimum atomic E-state index is -4.77. The molecule has 0 aromatic heterocycles. The van der Waals surface area contributed by atoms with Gasteiger partial charge in [0.25, 0.3) is 0 Å². The average Bonchev–Trinajstić information content (AvgIpc) is 2.96. The molecule has 5 rings (SSSR count). The van der Waals surface area contributed by atoms with Crippen molar-refractivity contribution < 1.29 is 27.2 Å². The van der Waals surface area contributed by atoms with E-state index in [1.54, 1.807) is 4.90 Å². The van der Waals surface area contributed by atoms with E-state index in [2.05, 4.69) is 0 Å². The molecule has 0 saturated carbocycles. The van der Waals surface area contributed by atoms with Crippen molar-refractivity contribution >= 4 is 11.8 Å². The van der Waals surface area contributed by atoms with E-state index in [9.17, 15) is 27.2 Å². The van der Waals surface area contributed by atoms with Crippen LogP contribution in [0.4, 0.5) is 17.6 Å². The van der Waals surface area contributed by atoms with Crippen LogP contribution in [-0.2, 0) is 27.7 Å². The molecule has 1 atom stereocenters. The van der Waals surface area contributed by atoms with Crippen molar-refractivity contribution in [2.75, 3.05) is 19.6 Å². The van der Waals surface area contributed by atoms with Gasteiger partial charge in [0.15, 0.2) is 0 Å². The predicted octanol–water partition coefficient (Wildman–Crippen LogP) is 5.52. The summed E-state index contributed by atoms with van der Waals surface area (Å²) in [7, 11) is 0. The molecular weight excluding hydrogens is 534 g/mol. The number of benzene rings is 3. The number of amides is 2. The Kier molecular flexibility index (Phi) is 8.18. The molecule has 2 aliphatic rings. The summed E-state index contributed by atoms with van der Waals surface area (Å²) < 4.78 is 53.3. The molecule has 0 aliphatic carbocycles. The van der Waals surface area contributed by atoms with E-state index in [0.717, 1.165) is 23.3 Å². The zero-order valence-electron chi connectivity index (χ0n) is 22.6. The van der Waals surface area contributed by atoms with Crippen LogP contribution in [0.25, 0.3) is 0 Å². The molecule has 2 aliphatic heterocycles. The first-order valence-electron chi connectivity index (χ1n) is 13.9. The largest absolute Gasteiger partial charge is 0.419 e. The molecule has 2 amide bonds. The molecule has 3 aromatic carbocycles. The molecular formula is C32H33F4N3O2. The van der Waals surface area contributed by atoms with Crippen LogP contribution in [0.1, 0.15) is 47.9 Å². The minimum Gasteiger partial charge on any atom is -0.368 e. The summed E-state index contributed by atoms with van der Waals surface area (Å²) in [5, 5.41) is 0. The Morgan fingerprint density at radius 1 is 0.927 bits per heavy atom. The standard InChI is InChI=1S/C32H33F4N3O2/c33-27-13-12-22(20-26(27)32(34,35)36)21-38-18-14-23(15-19-38)28(29(37)40)39-17-7-16-31(30(39)41,24-8-3-1-4-9-24)25-10-5-2-6-11-25/h1-6,8-13,20,23,28H,7,14-19,21H2,(H2,37,40). The first-order chi connectivity index (χ1) is 19.6. The number of hydrogen-bond acceptors (Lipinski definition) is 3. The van der Waals surface area contributed by atoms with E-state index in [-0.39, 0.29) is 18.4 Å². The van der Waals surface area contributed by atoms with Gasteiger partial charge in [-0.3, -0.25) is 14.5 Å². The zero-order valence-corrected chi connectivity index (χ0v) is 22.6. The molecule has 3 aromatic rings. The van der Waals surface area contributed by atoms with Crippen LogP contribution in [0.15, 0.2) is 78.9 Å². The quantitative estimate of drug-likeness (QED) is 0.383. The average molecular weight is 568 g/mol. The van der Waals surface area contributed by atoms with Crippen LogP contribution in [0, 0.1) is 11.7 Å². The SMILES string of the molecule is NC(=O)C(C1CCN(Cc2ccc(F)c(C(F)(F)F)c2)CC1)N1CCCC(c2ccccc2)(c2ccccc2)C1=O. The smallest absolute Gasteiger partial charge is 0.368 e. The van der Waals surface area contributed by atoms with Crippen molar-refractivity contribution in [2.24, 2.45) is 11.7 Å². The van der Waals surface area contributed by atoms with Crippen molar-refractivity contribution in [1.82, 2.24) is 9.80 Å². The number of primary amides is 1. The monoisotopic (exact) mass is 567 g/mol. The molecule has 5 nitrogen and oxygen atoms in total. The van der Waals surface area contributed by atoms with Gasteiger partial charge in [0.05, 0.1) is 11.0 Å². The normalized spacial score (nSPS) is 19.2. The molecule has 0 spiro atoms. The predicted molar refractivity (Wildman–Crippen MR) is 147 cm³/mol. The maximum atomic E-state index is 14.5. The van der Waals surface area contributed by atoms with Crippen molar-refractivity contribution in [3.05, 3.63) is 107 Å². The lowest BCUT2D eigenvalue weighted by Gasteiger charge is -2.47. The summed E-state index contributed by atoms with van der Waals surface area (Å²) in [6.07, 6.45) is -2.36. The van der Waals surface area contributed by atoms with Crippen molar-refractivity contribution in [3.63, 3.8) is 0 Å². The van der Waals surface area contributed by atoms with Crippen molar-refractivity contribution in [2.45, 2.75) is 49.9 Å². The van der Waals surface area contributed by atoms with Gasteiger partial charge in [-0.25, -0.2) is 4.39 Å². The van der Waals surface area contributed by atoms with Gasteiger partial charge in [0.1, 0.15) is 11.9 Å². The molecule has 216 valence electrons. The first-order valence-corrected chi connectivity index (χ1v) is 13.9. The maximum absolute atomic E-state index is 14.5. The third-order valence-electron chi connectivity index (χ3n) is 8.56. The van der Waals surface area contributed by atoms with Gasteiger partial charge < -0.3 is 10.6 Å². The Bertz CT molecular complexity index is 1330. The molecule has 2 fully saturated rings. The molecule has 0 radical (unpaired) electrons. The molecule has 0 bridgehead atoms. The molecule has 2 N–H and O–H groups in total. The Morgan fingerprint density at radius 2 is 1.51 bits per heavy atom. The van der Waals surface area contributed by atoms with Gasteiger partial charge in [0.2, 0.25) is 11.8 Å². The van der Waals surface area contributed by atoms with Crippen LogP contribution in [-0.4, -0.2) is 47.3 Å². The van der Waals surface area contributed by atoms with Gasteiger partial charge in [-0.05, 0) is 73.5 Å². The lowest BCUT2D eigenvalue weighted by atomic mass is 9.68. The summed E-state index contributed by atoms with van der Waals surface area (Å²) in [6.45, 7) is 1.67. The molecule has 41 heavy (non-hydrogen) atoms. The highest BCUT2D eigenvalue weighted by molar-refractivity contribution is 5.96. The van der Waals surface area contributed by atoms with Gasteiger partial charge in [-0.15, -0.1) is 0 Å². The van der Waals surface area contributed by atoms with E-state index in [1.165, 1.54) is 6.07 Å². The second-order valence-electron chi connectivity index (χ2n) is 11.0. The number of nitrogens with two attached hydrogens (primary N) is 1. The second-order valence-corrected chi connectivity index (χ2v) is 11.0. The number of piperidine rings is 2. The third-order valence-corrected chi connectivity index (χ3v) is 8.56. The highest BCUT2D eigenvalue weighted by atomic mass is 19.4. The fraction of sp³-hybridized carbons (Fsp3) is 0.375. The van der Waals surface area contributed by atoms with Crippen LogP contribution in [0.3, 0.4) is 0 Å². The number of hydrogen-bond donors (Lipinski definition) is 1. The van der Waals surface area contributed by atoms with Gasteiger partial charge in [0, 0.05) is 13.1 Å². The van der Waals surface area contributed by atoms with Crippen LogP contribution >= 0.6 is 0 Å². The number of carbonyl (C=O) groups is 2. The fourth-order valence-electron chi connectivity index (χ4n) is 6.59. The molecule has 2 heterocycles. The maximum Gasteiger partial charge on any atom is 0.419 e. The van der Waals surface area contributed by atoms with Crippen molar-refractivity contribution in [1.29, 1.82) is 0 Å². The fourth-order valence-corrected chi connectivity index (χ4v) is 6.59. The van der Waals surface area contributed by atoms with Gasteiger partial charge in [-0.2, -0.15) is 13.2 Å². The van der Waals surface area contributed by atoms with Crippen LogP contribution < -0.4 is 5.73 Å². The number of alkyl halides is 3. The summed E-state index contributed by atoms with van der Waals surface area (Å²) in [5.74, 6) is -2.17. The summed E-state index contributed by atoms with van der Waals surface area (Å²) in [5.41, 5.74) is 5.87. The minimum absolute atomic E-state index is 0.140. The first kappa shape index (κ1) is 28.8. The van der Waals surface area contributed by atoms with Crippen molar-refractivity contribution in [3.8, 4) is 0 Å². The van der Waals surface area contributed by atoms with Crippen LogP contribution in [0.2, 0.25) is 0 Å². The Balaban J connectivity index is 1.35. The summed E-state index contributed by atoms with van der Waals surface area (Å²) >= 11 is 0. The number of likely N-dealkylation sites (tertiary alicyclic amines) is 2. The summed E-state index contributed by atoms with van der Waals surface area (Å²) in [6, 6.07) is 21.5. The Morgan fingerprint density at radius 3 is 2.05 bits per heavy atom. The lowest BCUT2D eigenvalue weighted by Crippen LogP contribution is -2.61. The number of rotatable bonds is 7. The van der Waals surface area contributed by atoms with E-state index >= 15 is 0 Å². The second kappa shape index (κ2) is 11.6. The molecule has 9 heteroatoms. The number of halogens is 4. The van der Waals surface area contributed by atoms with Gasteiger partial charge >= 0.3 is 6.18 Å². The lowest BCUT2D eigenvalue weighted by molar-refractivity contribution is -0.148. The van der Waals surface area contributed by atoms with Gasteiger partial charge in [-0.1, -0.05) is 66.7 Å². The van der Waals surface area contributed by atoms with E-state index in [4.69, 9.17) is 5.73 Å². The van der Waals surface area contributed by atoms with E-state index < -0.39 is 34.9 Å². The summed E-state index contributed by atoms with van der Waals surface area (Å²) in [4.78, 5) is 31.1.